The van der Waals surface area contributed by atoms with E-state index in [4.69, 9.17) is 0 Å². The van der Waals surface area contributed by atoms with Crippen LogP contribution in [0.1, 0.15) is 38.7 Å². The first-order chi connectivity index (χ1) is 9.09. The largest absolute Gasteiger partial charge is 0.396 e. The monoisotopic (exact) mass is 266 g/mol. The third kappa shape index (κ3) is 2.95. The van der Waals surface area contributed by atoms with Gasteiger partial charge in [0.05, 0.1) is 12.8 Å². The molecule has 1 aliphatic rings. The first-order valence-corrected chi connectivity index (χ1v) is 7.02. The van der Waals surface area contributed by atoms with Crippen molar-refractivity contribution in [2.75, 3.05) is 6.61 Å². The molecule has 0 spiro atoms. The van der Waals surface area contributed by atoms with Crippen molar-refractivity contribution in [3.8, 4) is 0 Å². The zero-order chi connectivity index (χ0) is 13.9. The molecule has 0 radical (unpaired) electrons. The second kappa shape index (κ2) is 5.97. The van der Waals surface area contributed by atoms with E-state index in [2.05, 4.69) is 24.1 Å². The van der Waals surface area contributed by atoms with E-state index in [1.54, 1.807) is 12.3 Å². The number of aromatic nitrogens is 1. The van der Waals surface area contributed by atoms with Crippen molar-refractivity contribution in [2.24, 2.45) is 11.3 Å². The topological polar surface area (TPSA) is 45.2 Å². The number of nitrogens with zero attached hydrogens (tertiary/aromatic N) is 1. The fourth-order valence-electron chi connectivity index (χ4n) is 3.12. The van der Waals surface area contributed by atoms with Gasteiger partial charge in [0.25, 0.3) is 0 Å². The highest BCUT2D eigenvalue weighted by molar-refractivity contribution is 5.12. The van der Waals surface area contributed by atoms with Crippen LogP contribution in [0, 0.1) is 17.2 Å². The number of aliphatic hydroxyl groups excluding tert-OH is 1. The summed E-state index contributed by atoms with van der Waals surface area (Å²) < 4.78 is 13.6. The first kappa shape index (κ1) is 14.4. The Kier molecular flexibility index (Phi) is 4.53. The van der Waals surface area contributed by atoms with Crippen molar-refractivity contribution in [2.45, 2.75) is 45.7 Å². The first-order valence-electron chi connectivity index (χ1n) is 7.02. The minimum atomic E-state index is -0.274. The van der Waals surface area contributed by atoms with Crippen LogP contribution in [0.15, 0.2) is 18.5 Å². The summed E-state index contributed by atoms with van der Waals surface area (Å²) in [7, 11) is 0. The second-order valence-corrected chi connectivity index (χ2v) is 5.94. The van der Waals surface area contributed by atoms with Crippen molar-refractivity contribution in [3.63, 3.8) is 0 Å². The van der Waals surface area contributed by atoms with Crippen molar-refractivity contribution in [1.29, 1.82) is 0 Å². The number of hydrogen-bond acceptors (Lipinski definition) is 3. The summed E-state index contributed by atoms with van der Waals surface area (Å²) >= 11 is 0. The van der Waals surface area contributed by atoms with Crippen LogP contribution in [0.3, 0.4) is 0 Å². The van der Waals surface area contributed by atoms with E-state index in [0.717, 1.165) is 12.8 Å². The number of aliphatic hydroxyl groups is 1. The normalized spacial score (nSPS) is 19.2. The number of rotatable bonds is 6. The minimum absolute atomic E-state index is 0.0162. The maximum atomic E-state index is 13.6. The molecule has 1 aromatic heterocycles. The Bertz CT molecular complexity index is 413. The number of nitrogens with one attached hydrogen (secondary N) is 1. The summed E-state index contributed by atoms with van der Waals surface area (Å²) in [6, 6.07) is 1.92. The lowest BCUT2D eigenvalue weighted by molar-refractivity contribution is -0.0102. The molecular formula is C15H23FN2O. The lowest BCUT2D eigenvalue weighted by Gasteiger charge is -2.48. The molecule has 0 saturated heterocycles. The predicted molar refractivity (Wildman–Crippen MR) is 73.0 cm³/mol. The summed E-state index contributed by atoms with van der Waals surface area (Å²) in [5.74, 6) is 0.140. The molecule has 1 heterocycles. The minimum Gasteiger partial charge on any atom is -0.396 e. The van der Waals surface area contributed by atoms with Crippen LogP contribution in [0.4, 0.5) is 4.39 Å². The molecule has 4 heteroatoms. The van der Waals surface area contributed by atoms with E-state index in [9.17, 15) is 9.50 Å². The highest BCUT2D eigenvalue weighted by Gasteiger charge is 2.44. The zero-order valence-corrected chi connectivity index (χ0v) is 11.7. The van der Waals surface area contributed by atoms with E-state index in [0.29, 0.717) is 18.0 Å². The fourth-order valence-corrected chi connectivity index (χ4v) is 3.12. The quantitative estimate of drug-likeness (QED) is 0.831. The summed E-state index contributed by atoms with van der Waals surface area (Å²) in [5, 5.41) is 13.1. The van der Waals surface area contributed by atoms with E-state index in [1.807, 2.05) is 0 Å². The van der Waals surface area contributed by atoms with Gasteiger partial charge in [-0.1, -0.05) is 20.3 Å². The van der Waals surface area contributed by atoms with Gasteiger partial charge in [-0.05, 0) is 24.8 Å². The zero-order valence-electron chi connectivity index (χ0n) is 11.7. The Morgan fingerprint density at radius 3 is 2.68 bits per heavy atom. The molecule has 1 aromatic rings. The van der Waals surface area contributed by atoms with E-state index >= 15 is 0 Å². The molecule has 1 atom stereocenters. The molecule has 2 N–H and O–H groups in total. The maximum absolute atomic E-state index is 13.6. The van der Waals surface area contributed by atoms with Gasteiger partial charge in [0.2, 0.25) is 0 Å². The Morgan fingerprint density at radius 1 is 1.47 bits per heavy atom. The van der Waals surface area contributed by atoms with Crippen LogP contribution in [0.5, 0.6) is 0 Å². The van der Waals surface area contributed by atoms with Crippen molar-refractivity contribution < 1.29 is 9.50 Å². The molecule has 19 heavy (non-hydrogen) atoms. The van der Waals surface area contributed by atoms with E-state index in [1.165, 1.54) is 12.6 Å². The molecule has 0 aliphatic heterocycles. The van der Waals surface area contributed by atoms with Gasteiger partial charge in [-0.2, -0.15) is 0 Å². The Labute approximate surface area is 114 Å². The van der Waals surface area contributed by atoms with Gasteiger partial charge in [-0.3, -0.25) is 4.98 Å². The summed E-state index contributed by atoms with van der Waals surface area (Å²) in [6.45, 7) is 4.99. The Balaban J connectivity index is 2.04. The van der Waals surface area contributed by atoms with Crippen molar-refractivity contribution >= 4 is 0 Å². The standard InChI is InChI=1S/C15H23FN2O/c1-11(2)14(15(10-19)5-3-6-15)18-8-12-4-7-17-9-13(12)16/h4,7,9,11,14,18-19H,3,5-6,8,10H2,1-2H3. The Morgan fingerprint density at radius 2 is 2.21 bits per heavy atom. The van der Waals surface area contributed by atoms with Crippen LogP contribution in [-0.2, 0) is 6.54 Å². The fraction of sp³-hybridized carbons (Fsp3) is 0.667. The molecule has 1 unspecified atom stereocenters. The molecule has 1 saturated carbocycles. The van der Waals surface area contributed by atoms with E-state index in [-0.39, 0.29) is 23.9 Å². The van der Waals surface area contributed by atoms with Crippen molar-refractivity contribution in [3.05, 3.63) is 29.8 Å². The van der Waals surface area contributed by atoms with Gasteiger partial charge in [-0.15, -0.1) is 0 Å². The summed E-state index contributed by atoms with van der Waals surface area (Å²) in [4.78, 5) is 3.76. The van der Waals surface area contributed by atoms with Gasteiger partial charge < -0.3 is 10.4 Å². The molecule has 0 aromatic carbocycles. The van der Waals surface area contributed by atoms with Gasteiger partial charge >= 0.3 is 0 Å². The van der Waals surface area contributed by atoms with Crippen LogP contribution >= 0.6 is 0 Å². The van der Waals surface area contributed by atoms with Crippen LogP contribution in [0.25, 0.3) is 0 Å². The molecule has 106 valence electrons. The average molecular weight is 266 g/mol. The third-order valence-electron chi connectivity index (χ3n) is 4.36. The van der Waals surface area contributed by atoms with Gasteiger partial charge in [0.1, 0.15) is 5.82 Å². The predicted octanol–water partition coefficient (Wildman–Crippen LogP) is 2.50. The lowest BCUT2D eigenvalue weighted by atomic mass is 9.62. The molecule has 0 bridgehead atoms. The third-order valence-corrected chi connectivity index (χ3v) is 4.36. The summed E-state index contributed by atoms with van der Waals surface area (Å²) in [5.41, 5.74) is 0.616. The van der Waals surface area contributed by atoms with Crippen LogP contribution in [0.2, 0.25) is 0 Å². The molecule has 3 nitrogen and oxygen atoms in total. The smallest absolute Gasteiger partial charge is 0.145 e. The van der Waals surface area contributed by atoms with Gasteiger partial charge in [0.15, 0.2) is 0 Å². The molecule has 0 amide bonds. The van der Waals surface area contributed by atoms with Crippen molar-refractivity contribution in [1.82, 2.24) is 10.3 Å². The average Bonchev–Trinajstić information content (AvgIpc) is 2.34. The highest BCUT2D eigenvalue weighted by Crippen LogP contribution is 2.45. The summed E-state index contributed by atoms with van der Waals surface area (Å²) in [6.07, 6.45) is 6.13. The SMILES string of the molecule is CC(C)C(NCc1ccncc1F)C1(CO)CCC1. The van der Waals surface area contributed by atoms with Gasteiger partial charge in [-0.25, -0.2) is 4.39 Å². The number of halogens is 1. The van der Waals surface area contributed by atoms with Crippen LogP contribution < -0.4 is 5.32 Å². The maximum Gasteiger partial charge on any atom is 0.145 e. The van der Waals surface area contributed by atoms with Crippen LogP contribution in [-0.4, -0.2) is 22.7 Å². The molecular weight excluding hydrogens is 243 g/mol. The molecule has 2 rings (SSSR count). The number of pyridine rings is 1. The molecule has 1 aliphatic carbocycles. The number of hydrogen-bond donors (Lipinski definition) is 2. The highest BCUT2D eigenvalue weighted by atomic mass is 19.1. The van der Waals surface area contributed by atoms with Gasteiger partial charge in [0, 0.05) is 29.8 Å². The lowest BCUT2D eigenvalue weighted by Crippen LogP contribution is -2.54. The van der Waals surface area contributed by atoms with E-state index < -0.39 is 0 Å². The Hall–Kier alpha value is -1.00. The second-order valence-electron chi connectivity index (χ2n) is 5.94. The molecule has 1 fully saturated rings.